The summed E-state index contributed by atoms with van der Waals surface area (Å²) >= 11 is 2.89. The SMILES string of the molecule is Oc1c(Br)ccnc1C(F)F. The molecule has 0 aliphatic rings. The maximum Gasteiger partial charge on any atom is 0.284 e. The van der Waals surface area contributed by atoms with Crippen molar-refractivity contribution in [1.29, 1.82) is 0 Å². The van der Waals surface area contributed by atoms with Crippen molar-refractivity contribution in [3.63, 3.8) is 0 Å². The maximum atomic E-state index is 12.0. The van der Waals surface area contributed by atoms with E-state index >= 15 is 0 Å². The van der Waals surface area contributed by atoms with E-state index < -0.39 is 17.9 Å². The predicted octanol–water partition coefficient (Wildman–Crippen LogP) is 2.49. The van der Waals surface area contributed by atoms with Crippen molar-refractivity contribution >= 4 is 15.9 Å². The van der Waals surface area contributed by atoms with E-state index in [0.717, 1.165) is 0 Å². The van der Waals surface area contributed by atoms with Gasteiger partial charge in [0.25, 0.3) is 6.43 Å². The second-order valence-corrected chi connectivity index (χ2v) is 2.68. The minimum Gasteiger partial charge on any atom is -0.505 e. The molecular weight excluding hydrogens is 220 g/mol. The Labute approximate surface area is 70.0 Å². The highest BCUT2D eigenvalue weighted by Gasteiger charge is 2.15. The number of aromatic nitrogens is 1. The number of hydrogen-bond donors (Lipinski definition) is 1. The summed E-state index contributed by atoms with van der Waals surface area (Å²) in [5, 5.41) is 8.98. The van der Waals surface area contributed by atoms with Crippen molar-refractivity contribution in [2.45, 2.75) is 6.43 Å². The van der Waals surface area contributed by atoms with Crippen molar-refractivity contribution in [2.24, 2.45) is 0 Å². The van der Waals surface area contributed by atoms with Crippen LogP contribution >= 0.6 is 15.9 Å². The third kappa shape index (κ3) is 1.65. The highest BCUT2D eigenvalue weighted by atomic mass is 79.9. The lowest BCUT2D eigenvalue weighted by Crippen LogP contribution is -1.89. The van der Waals surface area contributed by atoms with Crippen LogP contribution in [0.5, 0.6) is 5.75 Å². The zero-order valence-corrected chi connectivity index (χ0v) is 6.85. The van der Waals surface area contributed by atoms with Gasteiger partial charge in [0.15, 0.2) is 5.75 Å². The second kappa shape index (κ2) is 3.13. The Morgan fingerprint density at radius 3 is 2.64 bits per heavy atom. The summed E-state index contributed by atoms with van der Waals surface area (Å²) in [5.74, 6) is -0.498. The maximum absolute atomic E-state index is 12.0. The van der Waals surface area contributed by atoms with Crippen molar-refractivity contribution in [3.05, 3.63) is 22.4 Å². The first-order valence-electron chi connectivity index (χ1n) is 2.74. The van der Waals surface area contributed by atoms with Crippen LogP contribution in [0.4, 0.5) is 8.78 Å². The van der Waals surface area contributed by atoms with E-state index in [1.807, 2.05) is 0 Å². The van der Waals surface area contributed by atoms with Gasteiger partial charge in [-0.15, -0.1) is 0 Å². The van der Waals surface area contributed by atoms with Gasteiger partial charge in [-0.2, -0.15) is 0 Å². The van der Waals surface area contributed by atoms with Crippen LogP contribution in [-0.4, -0.2) is 10.1 Å². The molecule has 0 fully saturated rings. The summed E-state index contributed by atoms with van der Waals surface area (Å²) in [6, 6.07) is 1.39. The highest BCUT2D eigenvalue weighted by Crippen LogP contribution is 2.31. The monoisotopic (exact) mass is 223 g/mol. The molecule has 1 aromatic heterocycles. The summed E-state index contributed by atoms with van der Waals surface area (Å²) in [7, 11) is 0. The van der Waals surface area contributed by atoms with Crippen LogP contribution in [0.2, 0.25) is 0 Å². The van der Waals surface area contributed by atoms with E-state index in [1.165, 1.54) is 12.3 Å². The molecule has 0 saturated heterocycles. The highest BCUT2D eigenvalue weighted by molar-refractivity contribution is 9.10. The van der Waals surface area contributed by atoms with Gasteiger partial charge >= 0.3 is 0 Å². The van der Waals surface area contributed by atoms with Crippen LogP contribution in [0.25, 0.3) is 0 Å². The molecule has 1 rings (SSSR count). The number of nitrogens with zero attached hydrogens (tertiary/aromatic N) is 1. The molecule has 0 aliphatic heterocycles. The van der Waals surface area contributed by atoms with E-state index in [1.54, 1.807) is 0 Å². The van der Waals surface area contributed by atoms with Gasteiger partial charge in [-0.05, 0) is 22.0 Å². The first-order valence-corrected chi connectivity index (χ1v) is 3.53. The molecule has 0 aromatic carbocycles. The lowest BCUT2D eigenvalue weighted by molar-refractivity contribution is 0.141. The Balaban J connectivity index is 3.17. The first-order chi connectivity index (χ1) is 5.13. The summed E-state index contributed by atoms with van der Waals surface area (Å²) in [4.78, 5) is 3.31. The van der Waals surface area contributed by atoms with E-state index in [-0.39, 0.29) is 4.47 Å². The molecule has 0 spiro atoms. The zero-order chi connectivity index (χ0) is 8.43. The fourth-order valence-corrected chi connectivity index (χ4v) is 0.926. The molecule has 0 aliphatic carbocycles. The van der Waals surface area contributed by atoms with E-state index in [4.69, 9.17) is 5.11 Å². The van der Waals surface area contributed by atoms with Crippen LogP contribution in [0, 0.1) is 0 Å². The quantitative estimate of drug-likeness (QED) is 0.794. The number of pyridine rings is 1. The molecule has 60 valence electrons. The molecule has 1 N–H and O–H groups in total. The number of aromatic hydroxyl groups is 1. The number of alkyl halides is 2. The minimum absolute atomic E-state index is 0.225. The summed E-state index contributed by atoms with van der Waals surface area (Å²) < 4.78 is 24.2. The van der Waals surface area contributed by atoms with Gasteiger partial charge < -0.3 is 5.11 Å². The topological polar surface area (TPSA) is 33.1 Å². The number of rotatable bonds is 1. The Morgan fingerprint density at radius 1 is 1.55 bits per heavy atom. The van der Waals surface area contributed by atoms with Gasteiger partial charge in [-0.3, -0.25) is 4.98 Å². The van der Waals surface area contributed by atoms with Crippen LogP contribution in [0.3, 0.4) is 0 Å². The fourth-order valence-electron chi connectivity index (χ4n) is 0.605. The molecule has 0 atom stereocenters. The third-order valence-corrected chi connectivity index (χ3v) is 1.75. The van der Waals surface area contributed by atoms with Gasteiger partial charge in [0, 0.05) is 6.20 Å². The summed E-state index contributed by atoms with van der Waals surface area (Å²) in [6.45, 7) is 0. The fraction of sp³-hybridized carbons (Fsp3) is 0.167. The van der Waals surface area contributed by atoms with Crippen molar-refractivity contribution in [1.82, 2.24) is 4.98 Å². The molecule has 5 heteroatoms. The van der Waals surface area contributed by atoms with Crippen LogP contribution in [0.15, 0.2) is 16.7 Å². The Morgan fingerprint density at radius 2 is 2.18 bits per heavy atom. The van der Waals surface area contributed by atoms with Crippen LogP contribution in [-0.2, 0) is 0 Å². The van der Waals surface area contributed by atoms with Gasteiger partial charge in [0.2, 0.25) is 0 Å². The molecule has 0 radical (unpaired) electrons. The summed E-state index contributed by atoms with van der Waals surface area (Å²) in [5.41, 5.74) is -0.598. The van der Waals surface area contributed by atoms with Gasteiger partial charge in [0.05, 0.1) is 4.47 Å². The van der Waals surface area contributed by atoms with Gasteiger partial charge in [-0.25, -0.2) is 8.78 Å². The molecule has 11 heavy (non-hydrogen) atoms. The van der Waals surface area contributed by atoms with E-state index in [2.05, 4.69) is 20.9 Å². The van der Waals surface area contributed by atoms with E-state index in [0.29, 0.717) is 0 Å². The number of halogens is 3. The molecular formula is C6H4BrF2NO. The third-order valence-electron chi connectivity index (χ3n) is 1.11. The van der Waals surface area contributed by atoms with Crippen LogP contribution in [0.1, 0.15) is 12.1 Å². The number of hydrogen-bond acceptors (Lipinski definition) is 2. The molecule has 0 bridgehead atoms. The normalized spacial score (nSPS) is 10.5. The molecule has 2 nitrogen and oxygen atoms in total. The van der Waals surface area contributed by atoms with E-state index in [9.17, 15) is 8.78 Å². The molecule has 0 unspecified atom stereocenters. The van der Waals surface area contributed by atoms with Gasteiger partial charge in [0.1, 0.15) is 5.69 Å². The first kappa shape index (κ1) is 8.39. The molecule has 0 amide bonds. The van der Waals surface area contributed by atoms with Crippen molar-refractivity contribution < 1.29 is 13.9 Å². The largest absolute Gasteiger partial charge is 0.505 e. The van der Waals surface area contributed by atoms with Gasteiger partial charge in [-0.1, -0.05) is 0 Å². The second-order valence-electron chi connectivity index (χ2n) is 1.83. The Kier molecular flexibility index (Phi) is 2.38. The Hall–Kier alpha value is -0.710. The predicted molar refractivity (Wildman–Crippen MR) is 38.6 cm³/mol. The summed E-state index contributed by atoms with van der Waals surface area (Å²) in [6.07, 6.45) is -1.54. The standard InChI is InChI=1S/C6H4BrF2NO/c7-3-1-2-10-4(5(3)11)6(8)9/h1-2,6,11H. The van der Waals surface area contributed by atoms with Crippen molar-refractivity contribution in [3.8, 4) is 5.75 Å². The molecule has 0 saturated carbocycles. The van der Waals surface area contributed by atoms with Crippen molar-refractivity contribution in [2.75, 3.05) is 0 Å². The zero-order valence-electron chi connectivity index (χ0n) is 5.26. The molecule has 1 aromatic rings. The molecule has 1 heterocycles. The van der Waals surface area contributed by atoms with Crippen LogP contribution < -0.4 is 0 Å². The lowest BCUT2D eigenvalue weighted by atomic mass is 10.3. The lowest BCUT2D eigenvalue weighted by Gasteiger charge is -2.01. The smallest absolute Gasteiger partial charge is 0.284 e. The average molecular weight is 224 g/mol. The average Bonchev–Trinajstić information content (AvgIpc) is 1.94. The minimum atomic E-state index is -2.74. The Bertz CT molecular complexity index is 267.